The van der Waals surface area contributed by atoms with Gasteiger partial charge >= 0.3 is 0 Å². The molecule has 0 radical (unpaired) electrons. The summed E-state index contributed by atoms with van der Waals surface area (Å²) in [4.78, 5) is 76.5. The van der Waals surface area contributed by atoms with Gasteiger partial charge in [-0.3, -0.25) is 43.8 Å². The summed E-state index contributed by atoms with van der Waals surface area (Å²) in [7, 11) is 0. The van der Waals surface area contributed by atoms with E-state index >= 15 is 0 Å². The zero-order chi connectivity index (χ0) is 49.8. The number of likely N-dealkylation sites (tertiary alicyclic amines) is 3. The predicted octanol–water partition coefficient (Wildman–Crippen LogP) is 7.95. The Hall–Kier alpha value is -5.62. The first kappa shape index (κ1) is 50.3. The highest BCUT2D eigenvalue weighted by molar-refractivity contribution is 6.36. The fourth-order valence-corrected chi connectivity index (χ4v) is 11.8. The van der Waals surface area contributed by atoms with Crippen LogP contribution in [0.2, 0.25) is 10.0 Å². The van der Waals surface area contributed by atoms with E-state index < -0.39 is 23.9 Å². The van der Waals surface area contributed by atoms with Crippen LogP contribution in [-0.4, -0.2) is 121 Å². The number of piperidine rings is 2. The number of nitrogens with two attached hydrogens (primary N) is 1. The molecule has 4 N–H and O–H groups in total. The van der Waals surface area contributed by atoms with Crippen LogP contribution in [-0.2, 0) is 25.7 Å². The summed E-state index contributed by atoms with van der Waals surface area (Å²) < 4.78 is 22.2. The Labute approximate surface area is 423 Å². The number of rotatable bonds is 20. The molecule has 2 aromatic heterocycles. The minimum Gasteiger partial charge on any atom is -0.482 e. The smallest absolute Gasteiger partial charge is 0.255 e. The summed E-state index contributed by atoms with van der Waals surface area (Å²) in [5, 5.41) is 10.2. The number of aromatic nitrogens is 3. The molecule has 16 nitrogen and oxygen atoms in total. The van der Waals surface area contributed by atoms with Gasteiger partial charge in [0, 0.05) is 115 Å². The number of unbranched alkanes of at least 4 members (excludes halogenated alkanes) is 5. The van der Waals surface area contributed by atoms with E-state index in [1.165, 1.54) is 36.3 Å². The molecule has 4 fully saturated rings. The number of pyridine rings is 1. The standard InChI is InChI=1S/C52H63Cl2FN10O6/c1-32(48-40(53)14-15-41(55)49(48)54)71-44-24-33(26-57-50(44)56)34-27-58-65(28-34)35-18-22-61(23-19-35)47(68)13-5-3-2-4-7-20-62-29-37-25-36(62)30-63(37)21-8-6-12-45(66)59-42-11-9-10-38-39(42)31-64(52(38)70)43-16-17-46(67)60-51(43)69/h9-11,14-15,24,26-28,32,35-37,43H,2-8,12-13,16-23,25,29-31H2,1H3,(H2,56,57)(H,59,66)(H,60,67,69)/t32-,36?,37?,43?/m1/s1. The molecule has 19 heteroatoms. The van der Waals surface area contributed by atoms with Gasteiger partial charge in [0.05, 0.1) is 17.3 Å². The molecule has 0 spiro atoms. The zero-order valence-electron chi connectivity index (χ0n) is 40.2. The fourth-order valence-electron chi connectivity index (χ4n) is 11.1. The summed E-state index contributed by atoms with van der Waals surface area (Å²) >= 11 is 12.5. The largest absolute Gasteiger partial charge is 0.482 e. The van der Waals surface area contributed by atoms with Gasteiger partial charge in [0.2, 0.25) is 23.6 Å². The average Bonchev–Trinajstić information content (AvgIpc) is 4.17. The van der Waals surface area contributed by atoms with Crippen LogP contribution in [0, 0.1) is 5.82 Å². The fraction of sp³-hybridized carbons (Fsp3) is 0.519. The van der Waals surface area contributed by atoms with Crippen molar-refractivity contribution in [2.45, 2.75) is 134 Å². The van der Waals surface area contributed by atoms with Crippen molar-refractivity contribution in [3.8, 4) is 16.9 Å². The summed E-state index contributed by atoms with van der Waals surface area (Å²) in [6, 6.07) is 10.3. The molecule has 4 saturated heterocycles. The van der Waals surface area contributed by atoms with E-state index in [4.69, 9.17) is 33.7 Å². The van der Waals surface area contributed by atoms with Gasteiger partial charge in [0.15, 0.2) is 11.6 Å². The highest BCUT2D eigenvalue weighted by Gasteiger charge is 2.43. The van der Waals surface area contributed by atoms with Gasteiger partial charge in [-0.05, 0) is 102 Å². The Morgan fingerprint density at radius 2 is 1.62 bits per heavy atom. The molecule has 5 aliphatic heterocycles. The zero-order valence-corrected chi connectivity index (χ0v) is 41.7. The van der Waals surface area contributed by atoms with Crippen LogP contribution in [0.1, 0.15) is 130 Å². The highest BCUT2D eigenvalue weighted by Crippen LogP contribution is 2.38. The molecule has 5 amide bonds. The molecule has 0 saturated carbocycles. The van der Waals surface area contributed by atoms with Crippen LogP contribution in [0.4, 0.5) is 15.9 Å². The van der Waals surface area contributed by atoms with Gasteiger partial charge < -0.3 is 25.6 Å². The molecular formula is C52H63Cl2FN10O6. The third kappa shape index (κ3) is 11.5. The van der Waals surface area contributed by atoms with E-state index in [2.05, 4.69) is 30.5 Å². The average molecular weight is 1010 g/mol. The number of nitrogens with zero attached hydrogens (tertiary/aromatic N) is 7. The molecule has 7 heterocycles. The van der Waals surface area contributed by atoms with Crippen molar-refractivity contribution in [2.24, 2.45) is 0 Å². The van der Waals surface area contributed by atoms with Crippen LogP contribution < -0.4 is 21.1 Å². The Bertz CT molecular complexity index is 2640. The van der Waals surface area contributed by atoms with Crippen molar-refractivity contribution in [1.82, 2.24) is 39.7 Å². The number of benzene rings is 2. The van der Waals surface area contributed by atoms with E-state index in [0.717, 1.165) is 82.3 Å². The second-order valence-corrected chi connectivity index (χ2v) is 20.5. The maximum Gasteiger partial charge on any atom is 0.255 e. The van der Waals surface area contributed by atoms with Gasteiger partial charge in [0.25, 0.3) is 5.91 Å². The second kappa shape index (κ2) is 22.4. The number of halogens is 3. The van der Waals surface area contributed by atoms with Gasteiger partial charge in [-0.25, -0.2) is 9.37 Å². The van der Waals surface area contributed by atoms with Gasteiger partial charge in [-0.15, -0.1) is 0 Å². The van der Waals surface area contributed by atoms with Crippen LogP contribution >= 0.6 is 23.2 Å². The molecule has 4 atom stereocenters. The predicted molar refractivity (Wildman–Crippen MR) is 268 cm³/mol. The third-order valence-corrected chi connectivity index (χ3v) is 15.8. The number of nitrogens with one attached hydrogen (secondary N) is 2. The van der Waals surface area contributed by atoms with Crippen molar-refractivity contribution in [1.29, 1.82) is 0 Å². The molecule has 2 aromatic carbocycles. The Morgan fingerprint density at radius 1 is 0.901 bits per heavy atom. The van der Waals surface area contributed by atoms with E-state index in [1.54, 1.807) is 43.6 Å². The number of carbonyl (C=O) groups is 5. The molecule has 9 rings (SSSR count). The number of nitrogen functional groups attached to an aromatic ring is 1. The third-order valence-electron chi connectivity index (χ3n) is 15.1. The molecular weight excluding hydrogens is 951 g/mol. The summed E-state index contributed by atoms with van der Waals surface area (Å²) in [5.74, 6) is -0.972. The van der Waals surface area contributed by atoms with Crippen molar-refractivity contribution >= 4 is 64.2 Å². The minimum absolute atomic E-state index is 0.0852. The van der Waals surface area contributed by atoms with Crippen molar-refractivity contribution in [3.05, 3.63) is 87.5 Å². The Morgan fingerprint density at radius 3 is 2.37 bits per heavy atom. The molecule has 3 unspecified atom stereocenters. The Kier molecular flexibility index (Phi) is 15.9. The first-order valence-corrected chi connectivity index (χ1v) is 26.0. The lowest BCUT2D eigenvalue weighted by atomic mass is 10.0. The van der Waals surface area contributed by atoms with Gasteiger partial charge in [-0.2, -0.15) is 5.10 Å². The van der Waals surface area contributed by atoms with E-state index in [0.29, 0.717) is 72.6 Å². The quantitative estimate of drug-likeness (QED) is 0.0443. The number of hydrogen-bond donors (Lipinski definition) is 3. The van der Waals surface area contributed by atoms with Crippen molar-refractivity contribution in [3.63, 3.8) is 0 Å². The lowest BCUT2D eigenvalue weighted by Gasteiger charge is -2.34. The minimum atomic E-state index is -0.697. The van der Waals surface area contributed by atoms with Crippen LogP contribution in [0.5, 0.6) is 5.75 Å². The molecule has 4 aromatic rings. The van der Waals surface area contributed by atoms with E-state index in [-0.39, 0.29) is 58.5 Å². The maximum absolute atomic E-state index is 14.2. The second-order valence-electron chi connectivity index (χ2n) is 19.7. The Balaban J connectivity index is 0.614. The van der Waals surface area contributed by atoms with Crippen LogP contribution in [0.25, 0.3) is 11.1 Å². The summed E-state index contributed by atoms with van der Waals surface area (Å²) in [6.07, 6.45) is 16.2. The number of piperazine rings is 1. The number of fused-ring (bicyclic) bond motifs is 3. The van der Waals surface area contributed by atoms with Crippen LogP contribution in [0.15, 0.2) is 55.0 Å². The number of hydrogen-bond acceptors (Lipinski definition) is 11. The van der Waals surface area contributed by atoms with Gasteiger partial charge in [0.1, 0.15) is 18.0 Å². The molecule has 5 aliphatic rings. The first-order valence-electron chi connectivity index (χ1n) is 25.2. The van der Waals surface area contributed by atoms with Crippen LogP contribution in [0.3, 0.4) is 0 Å². The molecule has 2 bridgehead atoms. The molecule has 71 heavy (non-hydrogen) atoms. The van der Waals surface area contributed by atoms with E-state index in [1.807, 2.05) is 15.8 Å². The van der Waals surface area contributed by atoms with Crippen molar-refractivity contribution in [2.75, 3.05) is 50.3 Å². The SMILES string of the molecule is C[C@@H](Oc1cc(-c2cnn(C3CCN(C(=O)CCCCCCCN4CC5CC4CN5CCCCC(=O)Nc4cccc5c4CN(C4CCC(=O)NC4=O)C5=O)CC3)c2)cnc1N)c1c(Cl)ccc(F)c1Cl. The normalized spacial score (nSPS) is 21.0. The number of carbonyl (C=O) groups excluding carboxylic acids is 5. The number of ether oxygens (including phenoxy) is 1. The summed E-state index contributed by atoms with van der Waals surface area (Å²) in [5.41, 5.74) is 9.89. The first-order chi connectivity index (χ1) is 34.3. The summed E-state index contributed by atoms with van der Waals surface area (Å²) in [6.45, 7) is 7.64. The monoisotopic (exact) mass is 1010 g/mol. The van der Waals surface area contributed by atoms with E-state index in [9.17, 15) is 28.4 Å². The van der Waals surface area contributed by atoms with Crippen molar-refractivity contribution < 1.29 is 33.1 Å². The lowest BCUT2D eigenvalue weighted by molar-refractivity contribution is -0.137. The number of anilines is 2. The lowest BCUT2D eigenvalue weighted by Crippen LogP contribution is -2.52. The van der Waals surface area contributed by atoms with Gasteiger partial charge in [-0.1, -0.05) is 48.5 Å². The molecule has 378 valence electrons. The molecule has 0 aliphatic carbocycles. The topological polar surface area (TPSA) is 188 Å². The number of amides is 5. The maximum atomic E-state index is 14.2. The number of imide groups is 1. The highest BCUT2D eigenvalue weighted by atomic mass is 35.5.